The maximum Gasteiger partial charge on any atom is 0.139 e. The minimum absolute atomic E-state index is 0.155. The first-order valence-corrected chi connectivity index (χ1v) is 8.73. The lowest BCUT2D eigenvalue weighted by atomic mass is 9.80. The average molecular weight is 303 g/mol. The minimum Gasteiger partial charge on any atom is -0.299 e. The number of carbonyl (C=O) groups is 1. The van der Waals surface area contributed by atoms with Gasteiger partial charge in [-0.15, -0.1) is 0 Å². The lowest BCUT2D eigenvalue weighted by Gasteiger charge is -2.23. The number of hydrogen-bond acceptors (Lipinski definition) is 1. The predicted molar refractivity (Wildman–Crippen MR) is 96.9 cm³/mol. The summed E-state index contributed by atoms with van der Waals surface area (Å²) in [5.74, 6) is 0.860. The highest BCUT2D eigenvalue weighted by atomic mass is 16.1. The number of carbonyl (C=O) groups excluding carboxylic acids is 1. The van der Waals surface area contributed by atoms with Gasteiger partial charge in [-0.3, -0.25) is 4.79 Å². The van der Waals surface area contributed by atoms with Crippen molar-refractivity contribution in [3.8, 4) is 0 Å². The Labute approximate surface area is 137 Å². The highest BCUT2D eigenvalue weighted by Crippen LogP contribution is 2.41. The molecule has 1 aliphatic carbocycles. The Morgan fingerprint density at radius 2 is 1.64 bits per heavy atom. The summed E-state index contributed by atoms with van der Waals surface area (Å²) in [6, 6.07) is 0. The third kappa shape index (κ3) is 5.94. The fourth-order valence-electron chi connectivity index (χ4n) is 3.13. The van der Waals surface area contributed by atoms with Crippen LogP contribution in [0.5, 0.6) is 0 Å². The molecular weight excluding hydrogens is 268 g/mol. The summed E-state index contributed by atoms with van der Waals surface area (Å²) in [6.45, 7) is 13.0. The van der Waals surface area contributed by atoms with Gasteiger partial charge in [0.05, 0.1) is 0 Å². The van der Waals surface area contributed by atoms with Crippen LogP contribution in [0.25, 0.3) is 0 Å². The van der Waals surface area contributed by atoms with Crippen LogP contribution in [0.15, 0.2) is 34.9 Å². The summed E-state index contributed by atoms with van der Waals surface area (Å²) >= 11 is 0. The quantitative estimate of drug-likeness (QED) is 0.496. The van der Waals surface area contributed by atoms with Crippen molar-refractivity contribution in [1.82, 2.24) is 0 Å². The molecule has 1 aliphatic rings. The Morgan fingerprint density at radius 1 is 1.05 bits per heavy atom. The molecule has 0 aromatic carbocycles. The Morgan fingerprint density at radius 3 is 2.18 bits per heavy atom. The second-order valence-electron chi connectivity index (χ2n) is 7.71. The summed E-state index contributed by atoms with van der Waals surface area (Å²) in [4.78, 5) is 11.9. The van der Waals surface area contributed by atoms with E-state index in [1.807, 2.05) is 0 Å². The fraction of sp³-hybridized carbons (Fsp3) is 0.667. The zero-order valence-corrected chi connectivity index (χ0v) is 15.5. The topological polar surface area (TPSA) is 17.1 Å². The molecule has 0 N–H and O–H groups in total. The van der Waals surface area contributed by atoms with Crippen LogP contribution < -0.4 is 0 Å². The molecule has 0 amide bonds. The molecule has 1 atom stereocenters. The monoisotopic (exact) mass is 302 g/mol. The van der Waals surface area contributed by atoms with E-state index in [2.05, 4.69) is 59.8 Å². The molecule has 0 heterocycles. The first kappa shape index (κ1) is 18.9. The average Bonchev–Trinajstić information content (AvgIpc) is 2.65. The Hall–Kier alpha value is -1.11. The van der Waals surface area contributed by atoms with Gasteiger partial charge in [0.2, 0.25) is 0 Å². The first-order chi connectivity index (χ1) is 10.2. The molecule has 0 aromatic heterocycles. The Kier molecular flexibility index (Phi) is 7.32. The van der Waals surface area contributed by atoms with Crippen molar-refractivity contribution in [3.63, 3.8) is 0 Å². The lowest BCUT2D eigenvalue weighted by Crippen LogP contribution is -2.23. The van der Waals surface area contributed by atoms with E-state index < -0.39 is 0 Å². The highest BCUT2D eigenvalue weighted by molar-refractivity contribution is 5.86. The zero-order chi connectivity index (χ0) is 16.8. The van der Waals surface area contributed by atoms with Gasteiger partial charge < -0.3 is 0 Å². The van der Waals surface area contributed by atoms with Crippen LogP contribution in [0.3, 0.4) is 0 Å². The van der Waals surface area contributed by atoms with Gasteiger partial charge in [-0.05, 0) is 65.7 Å². The van der Waals surface area contributed by atoms with Gasteiger partial charge in [0, 0.05) is 11.8 Å². The summed E-state index contributed by atoms with van der Waals surface area (Å²) in [6.07, 6.45) is 13.4. The van der Waals surface area contributed by atoms with E-state index >= 15 is 0 Å². The second-order valence-corrected chi connectivity index (χ2v) is 7.71. The van der Waals surface area contributed by atoms with Gasteiger partial charge in [0.1, 0.15) is 5.78 Å². The number of Topliss-reactive ketones (excluding diaryl/α,β-unsaturated/α-hetero) is 1. The highest BCUT2D eigenvalue weighted by Gasteiger charge is 2.40. The van der Waals surface area contributed by atoms with Gasteiger partial charge in [-0.2, -0.15) is 0 Å². The van der Waals surface area contributed by atoms with E-state index in [0.717, 1.165) is 38.5 Å². The second kappa shape index (κ2) is 8.50. The standard InChI is InChI=1S/C21H34O/c1-16(2)9-7-10-17(3)11-8-12-18(4)15-19-13-14-20(22)21(19,5)6/h9,11,15,19H,7-8,10,12-14H2,1-6H3/b17-11+,18-15+. The summed E-state index contributed by atoms with van der Waals surface area (Å²) in [7, 11) is 0. The molecule has 0 aliphatic heterocycles. The number of hydrogen-bond donors (Lipinski definition) is 0. The maximum absolute atomic E-state index is 11.9. The largest absolute Gasteiger partial charge is 0.299 e. The Balaban J connectivity index is 2.42. The number of allylic oxidation sites excluding steroid dienone is 6. The van der Waals surface area contributed by atoms with Crippen LogP contribution in [0, 0.1) is 11.3 Å². The van der Waals surface area contributed by atoms with E-state index in [9.17, 15) is 4.79 Å². The van der Waals surface area contributed by atoms with Crippen LogP contribution in [0.2, 0.25) is 0 Å². The van der Waals surface area contributed by atoms with Crippen LogP contribution in [-0.4, -0.2) is 5.78 Å². The molecule has 1 heteroatoms. The Bertz CT molecular complexity index is 470. The van der Waals surface area contributed by atoms with Gasteiger partial charge in [-0.1, -0.05) is 48.8 Å². The first-order valence-electron chi connectivity index (χ1n) is 8.73. The van der Waals surface area contributed by atoms with Crippen LogP contribution >= 0.6 is 0 Å². The van der Waals surface area contributed by atoms with Crippen LogP contribution in [0.4, 0.5) is 0 Å². The molecule has 1 rings (SSSR count). The van der Waals surface area contributed by atoms with Gasteiger partial charge in [0.25, 0.3) is 0 Å². The van der Waals surface area contributed by atoms with Crippen LogP contribution in [0.1, 0.15) is 80.1 Å². The molecule has 124 valence electrons. The van der Waals surface area contributed by atoms with Crippen molar-refractivity contribution in [3.05, 3.63) is 34.9 Å². The zero-order valence-electron chi connectivity index (χ0n) is 15.5. The van der Waals surface area contributed by atoms with Crippen molar-refractivity contribution in [2.45, 2.75) is 80.1 Å². The molecule has 0 radical (unpaired) electrons. The van der Waals surface area contributed by atoms with Crippen molar-refractivity contribution in [1.29, 1.82) is 0 Å². The summed E-state index contributed by atoms with van der Waals surface area (Å²) in [5.41, 5.74) is 4.17. The molecule has 0 bridgehead atoms. The van der Waals surface area contributed by atoms with E-state index in [0.29, 0.717) is 11.7 Å². The number of ketones is 1. The fourth-order valence-corrected chi connectivity index (χ4v) is 3.13. The van der Waals surface area contributed by atoms with E-state index in [4.69, 9.17) is 0 Å². The van der Waals surface area contributed by atoms with Crippen molar-refractivity contribution < 1.29 is 4.79 Å². The molecule has 1 saturated carbocycles. The molecule has 1 fully saturated rings. The maximum atomic E-state index is 11.9. The molecular formula is C21H34O. The van der Waals surface area contributed by atoms with E-state index in [1.54, 1.807) is 0 Å². The van der Waals surface area contributed by atoms with Crippen LogP contribution in [-0.2, 0) is 4.79 Å². The molecule has 0 aromatic rings. The predicted octanol–water partition coefficient (Wildman–Crippen LogP) is 6.41. The lowest BCUT2D eigenvalue weighted by molar-refractivity contribution is -0.124. The SMILES string of the molecule is CC(C)=CCC/C(C)=C/CC/C(C)=C/C1CCC(=O)C1(C)C. The van der Waals surface area contributed by atoms with Crippen molar-refractivity contribution >= 4 is 5.78 Å². The minimum atomic E-state index is -0.155. The molecule has 1 nitrogen and oxygen atoms in total. The third-order valence-corrected chi connectivity index (χ3v) is 4.94. The van der Waals surface area contributed by atoms with Gasteiger partial charge in [-0.25, -0.2) is 0 Å². The van der Waals surface area contributed by atoms with Gasteiger partial charge >= 0.3 is 0 Å². The number of rotatable bonds is 7. The normalized spacial score (nSPS) is 22.1. The molecule has 22 heavy (non-hydrogen) atoms. The molecule has 0 spiro atoms. The smallest absolute Gasteiger partial charge is 0.139 e. The van der Waals surface area contributed by atoms with Gasteiger partial charge in [0.15, 0.2) is 0 Å². The molecule has 1 unspecified atom stereocenters. The van der Waals surface area contributed by atoms with E-state index in [1.165, 1.54) is 16.7 Å². The van der Waals surface area contributed by atoms with Crippen molar-refractivity contribution in [2.24, 2.45) is 11.3 Å². The summed E-state index contributed by atoms with van der Waals surface area (Å²) in [5, 5.41) is 0. The van der Waals surface area contributed by atoms with Crippen molar-refractivity contribution in [2.75, 3.05) is 0 Å². The van der Waals surface area contributed by atoms with E-state index in [-0.39, 0.29) is 5.41 Å². The third-order valence-electron chi connectivity index (χ3n) is 4.94. The summed E-state index contributed by atoms with van der Waals surface area (Å²) < 4.78 is 0. The molecule has 0 saturated heterocycles.